The van der Waals surface area contributed by atoms with E-state index in [2.05, 4.69) is 57.7 Å². The van der Waals surface area contributed by atoms with Crippen LogP contribution in [-0.2, 0) is 15.1 Å². The maximum absolute atomic E-state index is 13.5. The van der Waals surface area contributed by atoms with E-state index < -0.39 is 35.3 Å². The van der Waals surface area contributed by atoms with Crippen molar-refractivity contribution in [1.29, 1.82) is 0 Å². The molecule has 0 radical (unpaired) electrons. The van der Waals surface area contributed by atoms with Gasteiger partial charge in [0.25, 0.3) is 0 Å². The first-order chi connectivity index (χ1) is 26.2. The van der Waals surface area contributed by atoms with Gasteiger partial charge in [-0.1, -0.05) is 83.1 Å². The molecule has 0 aliphatic carbocycles. The summed E-state index contributed by atoms with van der Waals surface area (Å²) in [4.78, 5) is 57.3. The van der Waals surface area contributed by atoms with Gasteiger partial charge in [0.2, 0.25) is 5.91 Å². The first kappa shape index (κ1) is 37.6. The Hall–Kier alpha value is -5.69. The van der Waals surface area contributed by atoms with Crippen molar-refractivity contribution in [3.63, 3.8) is 0 Å². The van der Waals surface area contributed by atoms with E-state index in [1.54, 1.807) is 4.90 Å². The highest BCUT2D eigenvalue weighted by Crippen LogP contribution is 2.50. The topological polar surface area (TPSA) is 177 Å². The lowest BCUT2D eigenvalue weighted by Gasteiger charge is -2.45. The third-order valence-corrected chi connectivity index (χ3v) is 11.3. The number of β-amino-alcohol motifs (C(OH)–C–C–N with tert-alkyl or cyclic N) is 1. The highest BCUT2D eigenvalue weighted by atomic mass is 16.5. The molecule has 288 valence electrons. The second-order valence-electron chi connectivity index (χ2n) is 16.1. The summed E-state index contributed by atoms with van der Waals surface area (Å²) in [5.74, 6) is 0.998. The molecular weight excluding hydrogens is 699 g/mol. The number of aliphatic hydroxyl groups is 1. The Bertz CT molecular complexity index is 2220. The standard InChI is InChI=1S/C42H49N7O6/c1-24(2)35(47-39(52)55-6)37(51)48-17-7-8-34(48)36-43-21-32(45-36)26-11-9-25(10-12-26)27-13-14-29-19-30(16-15-28(29)18-27)33-22-44-38(46-33)42(41(3,4)5)20-31(50)23-49(42)40(53)54/h9-16,18-19,21-22,24,31,34-35,50H,7-8,17,20,23H2,1-6H3,(H,43,45)(H,44,46)(H,47,52)(H,53,54)/t31-,34?,35?,42+/m0/s1. The summed E-state index contributed by atoms with van der Waals surface area (Å²) in [6.45, 7) is 10.4. The van der Waals surface area contributed by atoms with Crippen molar-refractivity contribution in [3.8, 4) is 33.6 Å². The molecule has 2 aromatic heterocycles. The molecule has 3 amide bonds. The van der Waals surface area contributed by atoms with Gasteiger partial charge in [-0.05, 0) is 58.2 Å². The van der Waals surface area contributed by atoms with Gasteiger partial charge in [-0.25, -0.2) is 19.6 Å². The van der Waals surface area contributed by atoms with Crippen molar-refractivity contribution in [2.24, 2.45) is 11.3 Å². The number of benzene rings is 3. The predicted octanol–water partition coefficient (Wildman–Crippen LogP) is 7.32. The first-order valence-electron chi connectivity index (χ1n) is 18.8. The minimum Gasteiger partial charge on any atom is -0.465 e. The molecule has 2 saturated heterocycles. The van der Waals surface area contributed by atoms with Crippen LogP contribution in [0.25, 0.3) is 44.4 Å². The Labute approximate surface area is 320 Å². The van der Waals surface area contributed by atoms with Gasteiger partial charge in [-0.15, -0.1) is 0 Å². The van der Waals surface area contributed by atoms with Gasteiger partial charge in [-0.3, -0.25) is 9.69 Å². The number of hydrogen-bond donors (Lipinski definition) is 5. The molecule has 3 aromatic carbocycles. The number of nitrogens with zero attached hydrogens (tertiary/aromatic N) is 4. The Morgan fingerprint density at radius 2 is 1.53 bits per heavy atom. The van der Waals surface area contributed by atoms with Crippen LogP contribution in [0.1, 0.15) is 71.6 Å². The number of likely N-dealkylation sites (tertiary alicyclic amines) is 2. The van der Waals surface area contributed by atoms with Crippen molar-refractivity contribution in [3.05, 3.63) is 84.7 Å². The van der Waals surface area contributed by atoms with Crippen LogP contribution in [0, 0.1) is 11.3 Å². The largest absolute Gasteiger partial charge is 0.465 e. The SMILES string of the molecule is COC(=O)NC(C(=O)N1CCCC1c1nc(-c2ccc(-c3ccc4cc(-c5c[nH]c([C@@]6(C(C)(C)C)C[C@H](O)CN6C(=O)O)n5)ccc4c3)cc2)c[nH]1)C(C)C. The summed E-state index contributed by atoms with van der Waals surface area (Å²) in [6, 6.07) is 19.8. The fourth-order valence-corrected chi connectivity index (χ4v) is 8.36. The quantitative estimate of drug-likeness (QED) is 0.110. The fourth-order valence-electron chi connectivity index (χ4n) is 8.36. The molecule has 5 N–H and O–H groups in total. The highest BCUT2D eigenvalue weighted by Gasteiger charge is 2.58. The number of aromatic amines is 2. The van der Waals surface area contributed by atoms with Crippen LogP contribution < -0.4 is 5.32 Å². The van der Waals surface area contributed by atoms with Crippen LogP contribution in [-0.4, -0.2) is 90.4 Å². The van der Waals surface area contributed by atoms with Crippen LogP contribution in [0.4, 0.5) is 9.59 Å². The average molecular weight is 748 g/mol. The average Bonchev–Trinajstić information content (AvgIpc) is 3.99. The lowest BCUT2D eigenvalue weighted by atomic mass is 9.71. The number of alkyl carbamates (subject to hydrolysis) is 1. The zero-order valence-electron chi connectivity index (χ0n) is 32.1. The summed E-state index contributed by atoms with van der Waals surface area (Å²) in [5, 5.41) is 25.4. The molecule has 55 heavy (non-hydrogen) atoms. The summed E-state index contributed by atoms with van der Waals surface area (Å²) >= 11 is 0. The molecule has 5 aromatic rings. The van der Waals surface area contributed by atoms with E-state index in [0.29, 0.717) is 18.1 Å². The van der Waals surface area contributed by atoms with E-state index in [1.807, 2.05) is 65.2 Å². The number of carbonyl (C=O) groups is 3. The van der Waals surface area contributed by atoms with E-state index in [0.717, 1.165) is 57.4 Å². The van der Waals surface area contributed by atoms with Gasteiger partial charge < -0.3 is 35.1 Å². The van der Waals surface area contributed by atoms with Crippen LogP contribution in [0.5, 0.6) is 0 Å². The Morgan fingerprint density at radius 3 is 2.18 bits per heavy atom. The number of aliphatic hydroxyl groups excluding tert-OH is 1. The summed E-state index contributed by atoms with van der Waals surface area (Å²) in [7, 11) is 1.29. The van der Waals surface area contributed by atoms with E-state index >= 15 is 0 Å². The minimum absolute atomic E-state index is 0.0369. The highest BCUT2D eigenvalue weighted by molar-refractivity contribution is 5.91. The van der Waals surface area contributed by atoms with E-state index in [1.165, 1.54) is 12.0 Å². The van der Waals surface area contributed by atoms with Crippen LogP contribution >= 0.6 is 0 Å². The molecule has 2 aliphatic heterocycles. The zero-order chi connectivity index (χ0) is 39.2. The number of H-pyrrole nitrogens is 2. The Balaban J connectivity index is 1.07. The number of ether oxygens (including phenoxy) is 1. The molecule has 0 saturated carbocycles. The van der Waals surface area contributed by atoms with Crippen molar-refractivity contribution < 1.29 is 29.3 Å². The van der Waals surface area contributed by atoms with Crippen molar-refractivity contribution in [2.45, 2.75) is 77.6 Å². The second kappa shape index (κ2) is 14.5. The van der Waals surface area contributed by atoms with Crippen molar-refractivity contribution >= 4 is 28.9 Å². The van der Waals surface area contributed by atoms with Gasteiger partial charge in [0.1, 0.15) is 23.2 Å². The molecule has 4 heterocycles. The number of carbonyl (C=O) groups excluding carboxylic acids is 2. The summed E-state index contributed by atoms with van der Waals surface area (Å²) < 4.78 is 4.76. The zero-order valence-corrected chi connectivity index (χ0v) is 32.1. The number of amides is 3. The molecule has 13 heteroatoms. The third-order valence-electron chi connectivity index (χ3n) is 11.3. The molecule has 13 nitrogen and oxygen atoms in total. The van der Waals surface area contributed by atoms with E-state index in [4.69, 9.17) is 14.7 Å². The van der Waals surface area contributed by atoms with Crippen molar-refractivity contribution in [2.75, 3.05) is 20.2 Å². The molecule has 4 atom stereocenters. The third kappa shape index (κ3) is 6.93. The van der Waals surface area contributed by atoms with Gasteiger partial charge in [0.15, 0.2) is 0 Å². The molecule has 7 rings (SSSR count). The number of nitrogens with one attached hydrogen (secondary N) is 3. The summed E-state index contributed by atoms with van der Waals surface area (Å²) in [6.07, 6.45) is 3.09. The Kier molecular flexibility index (Phi) is 9.93. The molecule has 2 fully saturated rings. The first-order valence-corrected chi connectivity index (χ1v) is 18.8. The van der Waals surface area contributed by atoms with E-state index in [-0.39, 0.29) is 30.8 Å². The second-order valence-corrected chi connectivity index (χ2v) is 16.1. The molecule has 0 spiro atoms. The monoisotopic (exact) mass is 747 g/mol. The smallest absolute Gasteiger partial charge is 0.408 e. The molecule has 2 unspecified atom stereocenters. The van der Waals surface area contributed by atoms with E-state index in [9.17, 15) is 24.6 Å². The number of imidazole rings is 2. The number of fused-ring (bicyclic) bond motifs is 1. The summed E-state index contributed by atoms with van der Waals surface area (Å²) in [5.41, 5.74) is 3.94. The number of hydrogen-bond acceptors (Lipinski definition) is 7. The maximum Gasteiger partial charge on any atom is 0.408 e. The van der Waals surface area contributed by atoms with Crippen LogP contribution in [0.15, 0.2) is 73.1 Å². The lowest BCUT2D eigenvalue weighted by Crippen LogP contribution is -2.53. The fraction of sp³-hybridized carbons (Fsp3) is 0.405. The van der Waals surface area contributed by atoms with Gasteiger partial charge >= 0.3 is 12.2 Å². The van der Waals surface area contributed by atoms with Crippen molar-refractivity contribution in [1.82, 2.24) is 35.1 Å². The minimum atomic E-state index is -1.08. The van der Waals surface area contributed by atoms with Gasteiger partial charge in [0, 0.05) is 36.5 Å². The normalized spacial score (nSPS) is 20.7. The lowest BCUT2D eigenvalue weighted by molar-refractivity contribution is -0.135. The number of carboxylic acid groups (broad SMARTS) is 1. The maximum atomic E-state index is 13.5. The number of aromatic nitrogens is 4. The van der Waals surface area contributed by atoms with Crippen LogP contribution in [0.2, 0.25) is 0 Å². The molecule has 2 aliphatic rings. The van der Waals surface area contributed by atoms with Crippen LogP contribution in [0.3, 0.4) is 0 Å². The predicted molar refractivity (Wildman–Crippen MR) is 209 cm³/mol. The van der Waals surface area contributed by atoms with Gasteiger partial charge in [0.05, 0.1) is 37.2 Å². The molecular formula is C42H49N7O6. The molecule has 0 bridgehead atoms. The number of methoxy groups -OCH3 is 1. The van der Waals surface area contributed by atoms with Gasteiger partial charge in [-0.2, -0.15) is 0 Å². The number of rotatable bonds is 8. The Morgan fingerprint density at radius 1 is 0.909 bits per heavy atom.